The topological polar surface area (TPSA) is 48.2 Å². The number of para-hydroxylation sites is 1. The van der Waals surface area contributed by atoms with E-state index in [0.29, 0.717) is 5.84 Å². The van der Waals surface area contributed by atoms with E-state index in [-0.39, 0.29) is 5.50 Å². The SMILES string of the molecule is Cn1ncc2c1N1/C(=C\I)CSC1N(c1ccccc1)C2=N. The van der Waals surface area contributed by atoms with Crippen molar-refractivity contribution in [3.8, 4) is 0 Å². The Morgan fingerprint density at radius 3 is 2.82 bits per heavy atom. The molecule has 0 saturated carbocycles. The summed E-state index contributed by atoms with van der Waals surface area (Å²) in [5, 5.41) is 13.0. The summed E-state index contributed by atoms with van der Waals surface area (Å²) in [5.41, 5.74) is 3.24. The minimum absolute atomic E-state index is 0.0683. The molecule has 2 aromatic rings. The Morgan fingerprint density at radius 2 is 2.09 bits per heavy atom. The van der Waals surface area contributed by atoms with Gasteiger partial charge in [0.25, 0.3) is 0 Å². The summed E-state index contributed by atoms with van der Waals surface area (Å²) in [6.45, 7) is 0. The molecule has 0 radical (unpaired) electrons. The first kappa shape index (κ1) is 14.1. The fourth-order valence-corrected chi connectivity index (χ4v) is 5.05. The van der Waals surface area contributed by atoms with Crippen LogP contribution in [0.2, 0.25) is 0 Å². The molecule has 0 bridgehead atoms. The summed E-state index contributed by atoms with van der Waals surface area (Å²) in [6, 6.07) is 10.1. The van der Waals surface area contributed by atoms with Crippen molar-refractivity contribution >= 4 is 51.7 Å². The van der Waals surface area contributed by atoms with Crippen LogP contribution in [0.5, 0.6) is 0 Å². The average Bonchev–Trinajstić information content (AvgIpc) is 3.12. The van der Waals surface area contributed by atoms with Crippen LogP contribution in [0.1, 0.15) is 5.56 Å². The third kappa shape index (κ3) is 1.91. The molecule has 22 heavy (non-hydrogen) atoms. The highest BCUT2D eigenvalue weighted by Gasteiger charge is 2.44. The van der Waals surface area contributed by atoms with E-state index >= 15 is 0 Å². The molecule has 1 N–H and O–H groups in total. The van der Waals surface area contributed by atoms with Gasteiger partial charge in [-0.1, -0.05) is 40.8 Å². The van der Waals surface area contributed by atoms with Gasteiger partial charge in [0.05, 0.1) is 11.8 Å². The Balaban J connectivity index is 1.92. The quantitative estimate of drug-likeness (QED) is 0.715. The average molecular weight is 423 g/mol. The number of hydrogen-bond donors (Lipinski definition) is 1. The summed E-state index contributed by atoms with van der Waals surface area (Å²) in [6.07, 6.45) is 1.79. The number of thioether (sulfide) groups is 1. The van der Waals surface area contributed by atoms with E-state index < -0.39 is 0 Å². The molecular formula is C15H14IN5S. The Kier molecular flexibility index (Phi) is 3.41. The van der Waals surface area contributed by atoms with Gasteiger partial charge in [0.15, 0.2) is 5.50 Å². The van der Waals surface area contributed by atoms with Gasteiger partial charge in [-0.3, -0.25) is 19.9 Å². The standard InChI is InChI=1S/C15H14IN5S/c1-19-14-12(8-18-19)13(17)20(10-5-3-2-4-6-10)15-21(14)11(7-16)9-22-15/h2-8,15,17H,9H2,1H3/b11-7-,17-13?. The van der Waals surface area contributed by atoms with E-state index in [1.54, 1.807) is 6.20 Å². The molecule has 1 unspecified atom stereocenters. The first-order valence-corrected chi connectivity index (χ1v) is 9.17. The summed E-state index contributed by atoms with van der Waals surface area (Å²) >= 11 is 4.13. The molecule has 1 aromatic heterocycles. The van der Waals surface area contributed by atoms with Crippen LogP contribution in [0.15, 0.2) is 46.3 Å². The van der Waals surface area contributed by atoms with Crippen LogP contribution in [0.3, 0.4) is 0 Å². The highest BCUT2D eigenvalue weighted by atomic mass is 127. The van der Waals surface area contributed by atoms with Gasteiger partial charge in [0, 0.05) is 24.2 Å². The molecule has 1 atom stereocenters. The smallest absolute Gasteiger partial charge is 0.161 e. The number of halogens is 1. The minimum atomic E-state index is 0.0683. The summed E-state index contributed by atoms with van der Waals surface area (Å²) in [5.74, 6) is 2.46. The lowest BCUT2D eigenvalue weighted by molar-refractivity contribution is 0.725. The molecule has 5 nitrogen and oxygen atoms in total. The molecule has 3 heterocycles. The maximum absolute atomic E-state index is 8.66. The highest BCUT2D eigenvalue weighted by molar-refractivity contribution is 14.1. The Bertz CT molecular complexity index is 769. The van der Waals surface area contributed by atoms with Crippen molar-refractivity contribution in [2.45, 2.75) is 5.50 Å². The number of benzene rings is 1. The lowest BCUT2D eigenvalue weighted by Crippen LogP contribution is -2.51. The van der Waals surface area contributed by atoms with E-state index in [0.717, 1.165) is 22.8 Å². The Morgan fingerprint density at radius 1 is 1.32 bits per heavy atom. The third-order valence-electron chi connectivity index (χ3n) is 3.92. The van der Waals surface area contributed by atoms with Gasteiger partial charge >= 0.3 is 0 Å². The number of aryl methyl sites for hydroxylation is 1. The second kappa shape index (κ2) is 5.31. The van der Waals surface area contributed by atoms with E-state index in [9.17, 15) is 0 Å². The number of rotatable bonds is 1. The zero-order chi connectivity index (χ0) is 15.3. The fraction of sp³-hybridized carbons (Fsp3) is 0.200. The number of hydrogen-bond acceptors (Lipinski definition) is 4. The molecule has 0 amide bonds. The molecule has 1 fully saturated rings. The lowest BCUT2D eigenvalue weighted by atomic mass is 10.1. The predicted octanol–water partition coefficient (Wildman–Crippen LogP) is 3.38. The molecule has 4 rings (SSSR count). The molecule has 112 valence electrons. The predicted molar refractivity (Wildman–Crippen MR) is 99.8 cm³/mol. The van der Waals surface area contributed by atoms with Crippen molar-refractivity contribution in [2.75, 3.05) is 15.6 Å². The van der Waals surface area contributed by atoms with Gasteiger partial charge in [-0.15, -0.1) is 11.8 Å². The van der Waals surface area contributed by atoms with Gasteiger partial charge in [-0.2, -0.15) is 5.10 Å². The van der Waals surface area contributed by atoms with E-state index in [2.05, 4.69) is 53.7 Å². The van der Waals surface area contributed by atoms with E-state index in [4.69, 9.17) is 5.41 Å². The van der Waals surface area contributed by atoms with Crippen LogP contribution < -0.4 is 9.80 Å². The summed E-state index contributed by atoms with van der Waals surface area (Å²) in [4.78, 5) is 4.38. The largest absolute Gasteiger partial charge is 0.298 e. The third-order valence-corrected chi connectivity index (χ3v) is 5.82. The monoisotopic (exact) mass is 423 g/mol. The van der Waals surface area contributed by atoms with Gasteiger partial charge < -0.3 is 0 Å². The normalized spacial score (nSPS) is 22.2. The van der Waals surface area contributed by atoms with Crippen LogP contribution >= 0.6 is 34.4 Å². The number of nitrogens with one attached hydrogen (secondary N) is 1. The molecule has 1 aromatic carbocycles. The molecule has 1 saturated heterocycles. The van der Waals surface area contributed by atoms with E-state index in [1.807, 2.05) is 41.7 Å². The second-order valence-corrected chi connectivity index (χ2v) is 6.83. The van der Waals surface area contributed by atoms with Gasteiger partial charge in [-0.05, 0) is 16.2 Å². The second-order valence-electron chi connectivity index (χ2n) is 5.17. The summed E-state index contributed by atoms with van der Waals surface area (Å²) < 4.78 is 3.99. The van der Waals surface area contributed by atoms with E-state index in [1.165, 1.54) is 5.70 Å². The fourth-order valence-electron chi connectivity index (χ4n) is 2.93. The van der Waals surface area contributed by atoms with Crippen molar-refractivity contribution in [3.63, 3.8) is 0 Å². The zero-order valence-electron chi connectivity index (χ0n) is 11.9. The number of anilines is 2. The first-order valence-electron chi connectivity index (χ1n) is 6.87. The van der Waals surface area contributed by atoms with Crippen LogP contribution in [-0.2, 0) is 7.05 Å². The maximum Gasteiger partial charge on any atom is 0.161 e. The highest BCUT2D eigenvalue weighted by Crippen LogP contribution is 2.45. The Labute approximate surface area is 146 Å². The minimum Gasteiger partial charge on any atom is -0.298 e. The van der Waals surface area contributed by atoms with Gasteiger partial charge in [0.2, 0.25) is 0 Å². The number of aromatic nitrogens is 2. The van der Waals surface area contributed by atoms with Crippen molar-refractivity contribution in [1.29, 1.82) is 5.41 Å². The van der Waals surface area contributed by atoms with Crippen molar-refractivity contribution < 1.29 is 0 Å². The summed E-state index contributed by atoms with van der Waals surface area (Å²) in [7, 11) is 1.94. The van der Waals surface area contributed by atoms with Crippen molar-refractivity contribution in [3.05, 3.63) is 51.9 Å². The van der Waals surface area contributed by atoms with Crippen LogP contribution in [0, 0.1) is 5.41 Å². The molecular weight excluding hydrogens is 409 g/mol. The number of fused-ring (bicyclic) bond motifs is 3. The molecule has 7 heteroatoms. The van der Waals surface area contributed by atoms with Crippen molar-refractivity contribution in [2.24, 2.45) is 7.05 Å². The maximum atomic E-state index is 8.66. The zero-order valence-corrected chi connectivity index (χ0v) is 14.9. The molecule has 2 aliphatic rings. The molecule has 0 aliphatic carbocycles. The van der Waals surface area contributed by atoms with Crippen LogP contribution in [0.4, 0.5) is 11.5 Å². The van der Waals surface area contributed by atoms with Gasteiger partial charge in [0.1, 0.15) is 11.7 Å². The van der Waals surface area contributed by atoms with Crippen LogP contribution in [0.25, 0.3) is 0 Å². The first-order chi connectivity index (χ1) is 10.7. The number of nitrogens with zero attached hydrogens (tertiary/aromatic N) is 4. The van der Waals surface area contributed by atoms with Crippen LogP contribution in [-0.4, -0.2) is 26.9 Å². The van der Waals surface area contributed by atoms with Crippen molar-refractivity contribution in [1.82, 2.24) is 9.78 Å². The molecule has 0 spiro atoms. The van der Waals surface area contributed by atoms with Gasteiger partial charge in [-0.25, -0.2) is 0 Å². The molecule has 2 aliphatic heterocycles. The Hall–Kier alpha value is -1.48. The lowest BCUT2D eigenvalue weighted by Gasteiger charge is -2.41. The number of amidine groups is 1.